The van der Waals surface area contributed by atoms with Gasteiger partial charge in [0.15, 0.2) is 0 Å². The standard InChI is InChI=1S/C14H19FN2/c1-4-13(16(2)3)9-11-7-8-17-10-12(15)5-6-14(11)17/h5-8,10,13H,4,9H2,1-3H3. The maximum Gasteiger partial charge on any atom is 0.139 e. The van der Waals surface area contributed by atoms with E-state index in [0.29, 0.717) is 6.04 Å². The minimum absolute atomic E-state index is 0.195. The largest absolute Gasteiger partial charge is 0.321 e. The van der Waals surface area contributed by atoms with Gasteiger partial charge < -0.3 is 9.30 Å². The van der Waals surface area contributed by atoms with Crippen LogP contribution in [0.2, 0.25) is 0 Å². The molecule has 0 aromatic carbocycles. The Labute approximate surface area is 102 Å². The van der Waals surface area contributed by atoms with Crippen LogP contribution in [0.3, 0.4) is 0 Å². The minimum Gasteiger partial charge on any atom is -0.321 e. The van der Waals surface area contributed by atoms with Crippen LogP contribution in [-0.4, -0.2) is 29.4 Å². The smallest absolute Gasteiger partial charge is 0.139 e. The molecule has 0 saturated carbocycles. The van der Waals surface area contributed by atoms with Crippen molar-refractivity contribution in [3.05, 3.63) is 42.0 Å². The summed E-state index contributed by atoms with van der Waals surface area (Å²) in [6.07, 6.45) is 5.57. The van der Waals surface area contributed by atoms with E-state index in [1.165, 1.54) is 17.8 Å². The Morgan fingerprint density at radius 2 is 2.06 bits per heavy atom. The number of likely N-dealkylation sites (N-methyl/N-ethyl adjacent to an activating group) is 1. The normalized spacial score (nSPS) is 13.5. The SMILES string of the molecule is CCC(Cc1ccn2cc(F)ccc12)N(C)C. The topological polar surface area (TPSA) is 7.65 Å². The van der Waals surface area contributed by atoms with E-state index in [-0.39, 0.29) is 5.82 Å². The van der Waals surface area contributed by atoms with E-state index in [1.54, 1.807) is 0 Å². The number of hydrogen-bond acceptors (Lipinski definition) is 1. The molecule has 2 aromatic heterocycles. The fourth-order valence-electron chi connectivity index (χ4n) is 2.26. The molecule has 0 bridgehead atoms. The summed E-state index contributed by atoms with van der Waals surface area (Å²) < 4.78 is 14.9. The second-order valence-corrected chi connectivity index (χ2v) is 4.71. The lowest BCUT2D eigenvalue weighted by Gasteiger charge is -2.22. The van der Waals surface area contributed by atoms with Crippen LogP contribution in [0.5, 0.6) is 0 Å². The van der Waals surface area contributed by atoms with Crippen LogP contribution in [0.25, 0.3) is 5.52 Å². The molecule has 3 heteroatoms. The van der Waals surface area contributed by atoms with Crippen molar-refractivity contribution in [1.82, 2.24) is 9.30 Å². The first-order chi connectivity index (χ1) is 8.11. The van der Waals surface area contributed by atoms with Crippen molar-refractivity contribution in [3.63, 3.8) is 0 Å². The van der Waals surface area contributed by atoms with E-state index in [9.17, 15) is 4.39 Å². The van der Waals surface area contributed by atoms with Gasteiger partial charge in [-0.25, -0.2) is 4.39 Å². The Balaban J connectivity index is 2.30. The zero-order valence-electron chi connectivity index (χ0n) is 10.7. The molecule has 2 heterocycles. The molecule has 0 aliphatic heterocycles. The Bertz CT molecular complexity index is 502. The summed E-state index contributed by atoms with van der Waals surface area (Å²) in [6, 6.07) is 6.00. The first-order valence-corrected chi connectivity index (χ1v) is 6.03. The average molecular weight is 234 g/mol. The van der Waals surface area contributed by atoms with E-state index in [2.05, 4.69) is 32.0 Å². The summed E-state index contributed by atoms with van der Waals surface area (Å²) in [5.41, 5.74) is 2.39. The highest BCUT2D eigenvalue weighted by Gasteiger charge is 2.12. The van der Waals surface area contributed by atoms with Gasteiger partial charge in [-0.3, -0.25) is 0 Å². The highest BCUT2D eigenvalue weighted by atomic mass is 19.1. The predicted molar refractivity (Wildman–Crippen MR) is 68.8 cm³/mol. The van der Waals surface area contributed by atoms with Gasteiger partial charge in [-0.2, -0.15) is 0 Å². The second kappa shape index (κ2) is 4.88. The second-order valence-electron chi connectivity index (χ2n) is 4.71. The third kappa shape index (κ3) is 2.50. The van der Waals surface area contributed by atoms with Gasteiger partial charge in [0.1, 0.15) is 5.82 Å². The summed E-state index contributed by atoms with van der Waals surface area (Å²) >= 11 is 0. The van der Waals surface area contributed by atoms with Crippen LogP contribution in [0.15, 0.2) is 30.6 Å². The van der Waals surface area contributed by atoms with Gasteiger partial charge in [0, 0.05) is 24.0 Å². The first-order valence-electron chi connectivity index (χ1n) is 6.03. The molecule has 0 saturated heterocycles. The van der Waals surface area contributed by atoms with Crippen LogP contribution in [0.4, 0.5) is 4.39 Å². The molecule has 0 aliphatic carbocycles. The molecule has 0 amide bonds. The van der Waals surface area contributed by atoms with Crippen LogP contribution in [0, 0.1) is 5.82 Å². The summed E-state index contributed by atoms with van der Waals surface area (Å²) in [4.78, 5) is 2.24. The molecular weight excluding hydrogens is 215 g/mol. The van der Waals surface area contributed by atoms with Crippen LogP contribution < -0.4 is 0 Å². The highest BCUT2D eigenvalue weighted by Crippen LogP contribution is 2.17. The lowest BCUT2D eigenvalue weighted by atomic mass is 10.0. The van der Waals surface area contributed by atoms with Gasteiger partial charge in [-0.15, -0.1) is 0 Å². The third-order valence-electron chi connectivity index (χ3n) is 3.36. The Hall–Kier alpha value is -1.35. The van der Waals surface area contributed by atoms with Crippen molar-refractivity contribution in [2.24, 2.45) is 0 Å². The van der Waals surface area contributed by atoms with Crippen molar-refractivity contribution in [2.75, 3.05) is 14.1 Å². The Morgan fingerprint density at radius 3 is 2.71 bits per heavy atom. The van der Waals surface area contributed by atoms with E-state index < -0.39 is 0 Å². The predicted octanol–water partition coefficient (Wildman–Crippen LogP) is 2.96. The lowest BCUT2D eigenvalue weighted by molar-refractivity contribution is 0.285. The van der Waals surface area contributed by atoms with Crippen molar-refractivity contribution in [1.29, 1.82) is 0 Å². The molecule has 17 heavy (non-hydrogen) atoms. The zero-order valence-corrected chi connectivity index (χ0v) is 10.7. The van der Waals surface area contributed by atoms with E-state index in [0.717, 1.165) is 18.4 Å². The van der Waals surface area contributed by atoms with Crippen LogP contribution >= 0.6 is 0 Å². The zero-order chi connectivity index (χ0) is 12.4. The Morgan fingerprint density at radius 1 is 1.29 bits per heavy atom. The molecule has 0 spiro atoms. The molecule has 92 valence electrons. The maximum absolute atomic E-state index is 13.1. The highest BCUT2D eigenvalue weighted by molar-refractivity contribution is 5.55. The number of halogens is 1. The first kappa shape index (κ1) is 12.1. The van der Waals surface area contributed by atoms with Gasteiger partial charge in [0.05, 0.1) is 0 Å². The molecule has 0 fully saturated rings. The van der Waals surface area contributed by atoms with Gasteiger partial charge in [0.25, 0.3) is 0 Å². The van der Waals surface area contributed by atoms with Gasteiger partial charge >= 0.3 is 0 Å². The van der Waals surface area contributed by atoms with Crippen LogP contribution in [0.1, 0.15) is 18.9 Å². The summed E-state index contributed by atoms with van der Waals surface area (Å²) in [5.74, 6) is -0.195. The van der Waals surface area contributed by atoms with E-state index in [1.807, 2.05) is 16.7 Å². The lowest BCUT2D eigenvalue weighted by Crippen LogP contribution is -2.29. The van der Waals surface area contributed by atoms with Crippen molar-refractivity contribution in [2.45, 2.75) is 25.8 Å². The Kier molecular flexibility index (Phi) is 3.48. The average Bonchev–Trinajstić information content (AvgIpc) is 2.67. The fourth-order valence-corrected chi connectivity index (χ4v) is 2.26. The quantitative estimate of drug-likeness (QED) is 0.789. The minimum atomic E-state index is -0.195. The molecule has 2 nitrogen and oxygen atoms in total. The molecule has 1 atom stereocenters. The third-order valence-corrected chi connectivity index (χ3v) is 3.36. The molecular formula is C14H19FN2. The van der Waals surface area contributed by atoms with Crippen LogP contribution in [-0.2, 0) is 6.42 Å². The number of fused-ring (bicyclic) bond motifs is 1. The molecule has 0 aliphatic rings. The monoisotopic (exact) mass is 234 g/mol. The van der Waals surface area contributed by atoms with Gasteiger partial charge in [-0.05, 0) is 50.7 Å². The number of hydrogen-bond donors (Lipinski definition) is 0. The summed E-state index contributed by atoms with van der Waals surface area (Å²) in [7, 11) is 4.21. The molecule has 2 aromatic rings. The summed E-state index contributed by atoms with van der Waals surface area (Å²) in [6.45, 7) is 2.20. The van der Waals surface area contributed by atoms with Crippen molar-refractivity contribution >= 4 is 5.52 Å². The number of nitrogens with zero attached hydrogens (tertiary/aromatic N) is 2. The fraction of sp³-hybridized carbons (Fsp3) is 0.429. The van der Waals surface area contributed by atoms with E-state index in [4.69, 9.17) is 0 Å². The van der Waals surface area contributed by atoms with Crippen molar-refractivity contribution < 1.29 is 4.39 Å². The molecule has 1 unspecified atom stereocenters. The number of aromatic nitrogens is 1. The van der Waals surface area contributed by atoms with Crippen molar-refractivity contribution in [3.8, 4) is 0 Å². The maximum atomic E-state index is 13.1. The summed E-state index contributed by atoms with van der Waals surface area (Å²) in [5, 5.41) is 0. The van der Waals surface area contributed by atoms with Gasteiger partial charge in [-0.1, -0.05) is 6.92 Å². The van der Waals surface area contributed by atoms with Gasteiger partial charge in [0.2, 0.25) is 0 Å². The number of rotatable bonds is 4. The molecule has 0 N–H and O–H groups in total. The molecule has 0 radical (unpaired) electrons. The number of pyridine rings is 1. The van der Waals surface area contributed by atoms with E-state index >= 15 is 0 Å². The molecule has 2 rings (SSSR count).